The molecule has 0 aliphatic carbocycles. The Bertz CT molecular complexity index is 889. The van der Waals surface area contributed by atoms with Gasteiger partial charge in [0.15, 0.2) is 0 Å². The van der Waals surface area contributed by atoms with Crippen molar-refractivity contribution in [2.75, 3.05) is 16.8 Å². The maximum absolute atomic E-state index is 12.8. The molecule has 0 radical (unpaired) electrons. The van der Waals surface area contributed by atoms with Crippen LogP contribution in [0.5, 0.6) is 0 Å². The van der Waals surface area contributed by atoms with Crippen molar-refractivity contribution in [2.45, 2.75) is 20.8 Å². The second-order valence-corrected chi connectivity index (χ2v) is 6.17. The summed E-state index contributed by atoms with van der Waals surface area (Å²) < 4.78 is 0. The molecule has 5 nitrogen and oxygen atoms in total. The Balaban J connectivity index is 1.76. The zero-order valence-electron chi connectivity index (χ0n) is 15.2. The third kappa shape index (κ3) is 4.06. The number of carbonyl (C=O) groups excluding carboxylic acids is 1. The van der Waals surface area contributed by atoms with Gasteiger partial charge in [-0.05, 0) is 50.6 Å². The summed E-state index contributed by atoms with van der Waals surface area (Å²) in [6.07, 6.45) is 3.09. The molecule has 0 saturated carbocycles. The standard InChI is InChI=1S/C21H22N4O/c1-4-25(18-7-5-6-16(3)12-18)21(26)19-13-23-20(14-22-19)24-17-10-8-15(2)9-11-17/h5-14H,4H2,1-3H3,(H,23,24). The lowest BCUT2D eigenvalue weighted by atomic mass is 10.2. The summed E-state index contributed by atoms with van der Waals surface area (Å²) in [7, 11) is 0. The topological polar surface area (TPSA) is 58.1 Å². The molecule has 3 rings (SSSR count). The van der Waals surface area contributed by atoms with Gasteiger partial charge in [0.2, 0.25) is 0 Å². The first-order chi connectivity index (χ1) is 12.6. The van der Waals surface area contributed by atoms with Gasteiger partial charge in [-0.2, -0.15) is 0 Å². The zero-order chi connectivity index (χ0) is 18.5. The highest BCUT2D eigenvalue weighted by Crippen LogP contribution is 2.19. The molecule has 1 amide bonds. The average molecular weight is 346 g/mol. The van der Waals surface area contributed by atoms with Gasteiger partial charge in [-0.1, -0.05) is 29.8 Å². The lowest BCUT2D eigenvalue weighted by Gasteiger charge is -2.21. The number of aryl methyl sites for hydroxylation is 2. The van der Waals surface area contributed by atoms with Crippen molar-refractivity contribution in [3.05, 3.63) is 77.7 Å². The average Bonchev–Trinajstić information content (AvgIpc) is 2.65. The summed E-state index contributed by atoms with van der Waals surface area (Å²) in [6, 6.07) is 15.9. The predicted molar refractivity (Wildman–Crippen MR) is 105 cm³/mol. The number of hydrogen-bond donors (Lipinski definition) is 1. The van der Waals surface area contributed by atoms with Crippen molar-refractivity contribution in [1.29, 1.82) is 0 Å². The lowest BCUT2D eigenvalue weighted by molar-refractivity contribution is 0.0983. The number of benzene rings is 2. The van der Waals surface area contributed by atoms with Gasteiger partial charge in [0.25, 0.3) is 5.91 Å². The fourth-order valence-corrected chi connectivity index (χ4v) is 2.67. The molecule has 5 heteroatoms. The molecule has 1 N–H and O–H groups in total. The van der Waals surface area contributed by atoms with E-state index in [0.29, 0.717) is 18.1 Å². The van der Waals surface area contributed by atoms with Gasteiger partial charge in [-0.25, -0.2) is 9.97 Å². The second kappa shape index (κ2) is 7.78. The van der Waals surface area contributed by atoms with Crippen LogP contribution in [0.25, 0.3) is 0 Å². The third-order valence-electron chi connectivity index (χ3n) is 4.07. The quantitative estimate of drug-likeness (QED) is 0.739. The molecule has 0 spiro atoms. The highest BCUT2D eigenvalue weighted by atomic mass is 16.2. The normalized spacial score (nSPS) is 10.4. The smallest absolute Gasteiger partial charge is 0.278 e. The van der Waals surface area contributed by atoms with E-state index in [4.69, 9.17) is 0 Å². The largest absolute Gasteiger partial charge is 0.339 e. The summed E-state index contributed by atoms with van der Waals surface area (Å²) in [5, 5.41) is 3.18. The van der Waals surface area contributed by atoms with Crippen LogP contribution in [0, 0.1) is 13.8 Å². The van der Waals surface area contributed by atoms with Crippen molar-refractivity contribution in [1.82, 2.24) is 9.97 Å². The van der Waals surface area contributed by atoms with Crippen molar-refractivity contribution in [2.24, 2.45) is 0 Å². The minimum atomic E-state index is -0.160. The molecule has 132 valence electrons. The van der Waals surface area contributed by atoms with E-state index in [2.05, 4.69) is 15.3 Å². The molecule has 0 aliphatic rings. The minimum absolute atomic E-state index is 0.160. The molecular weight excluding hydrogens is 324 g/mol. The molecule has 0 aliphatic heterocycles. The lowest BCUT2D eigenvalue weighted by Crippen LogP contribution is -2.31. The second-order valence-electron chi connectivity index (χ2n) is 6.17. The molecule has 0 atom stereocenters. The van der Waals surface area contributed by atoms with Crippen LogP contribution < -0.4 is 10.2 Å². The van der Waals surface area contributed by atoms with Crippen LogP contribution in [-0.4, -0.2) is 22.4 Å². The molecular formula is C21H22N4O. The van der Waals surface area contributed by atoms with Crippen molar-refractivity contribution in [3.8, 4) is 0 Å². The van der Waals surface area contributed by atoms with Gasteiger partial charge in [0, 0.05) is 17.9 Å². The Morgan fingerprint density at radius 1 is 1.00 bits per heavy atom. The predicted octanol–water partition coefficient (Wildman–Crippen LogP) is 4.50. The molecule has 1 aromatic heterocycles. The van der Waals surface area contributed by atoms with Crippen molar-refractivity contribution < 1.29 is 4.79 Å². The van der Waals surface area contributed by atoms with Gasteiger partial charge in [-0.3, -0.25) is 4.79 Å². The van der Waals surface area contributed by atoms with Crippen LogP contribution in [0.2, 0.25) is 0 Å². The molecule has 3 aromatic rings. The maximum atomic E-state index is 12.8. The van der Waals surface area contributed by atoms with Gasteiger partial charge in [-0.15, -0.1) is 0 Å². The molecule has 1 heterocycles. The Morgan fingerprint density at radius 2 is 1.77 bits per heavy atom. The van der Waals surface area contributed by atoms with E-state index >= 15 is 0 Å². The molecule has 0 fully saturated rings. The third-order valence-corrected chi connectivity index (χ3v) is 4.07. The van der Waals surface area contributed by atoms with Crippen LogP contribution >= 0.6 is 0 Å². The van der Waals surface area contributed by atoms with Gasteiger partial charge in [0.1, 0.15) is 11.5 Å². The van der Waals surface area contributed by atoms with Crippen LogP contribution in [0.4, 0.5) is 17.2 Å². The summed E-state index contributed by atoms with van der Waals surface area (Å²) >= 11 is 0. The van der Waals surface area contributed by atoms with Crippen LogP contribution in [-0.2, 0) is 0 Å². The van der Waals surface area contributed by atoms with Crippen LogP contribution in [0.15, 0.2) is 60.9 Å². The van der Waals surface area contributed by atoms with Crippen molar-refractivity contribution >= 4 is 23.1 Å². The first kappa shape index (κ1) is 17.6. The fraction of sp³-hybridized carbons (Fsp3) is 0.190. The number of hydrogen-bond acceptors (Lipinski definition) is 4. The van der Waals surface area contributed by atoms with Gasteiger partial charge >= 0.3 is 0 Å². The van der Waals surface area contributed by atoms with E-state index in [9.17, 15) is 4.79 Å². The van der Waals surface area contributed by atoms with Gasteiger partial charge < -0.3 is 10.2 Å². The molecule has 26 heavy (non-hydrogen) atoms. The number of carbonyl (C=O) groups is 1. The molecule has 2 aromatic carbocycles. The van der Waals surface area contributed by atoms with E-state index < -0.39 is 0 Å². The highest BCUT2D eigenvalue weighted by molar-refractivity contribution is 6.04. The summed E-state index contributed by atoms with van der Waals surface area (Å²) in [5.74, 6) is 0.441. The number of aromatic nitrogens is 2. The van der Waals surface area contributed by atoms with Crippen molar-refractivity contribution in [3.63, 3.8) is 0 Å². The van der Waals surface area contributed by atoms with E-state index in [1.165, 1.54) is 11.8 Å². The number of amides is 1. The monoisotopic (exact) mass is 346 g/mol. The molecule has 0 saturated heterocycles. The number of rotatable bonds is 5. The minimum Gasteiger partial charge on any atom is -0.339 e. The van der Waals surface area contributed by atoms with E-state index in [-0.39, 0.29) is 5.91 Å². The first-order valence-corrected chi connectivity index (χ1v) is 8.61. The van der Waals surface area contributed by atoms with Crippen LogP contribution in [0.3, 0.4) is 0 Å². The highest BCUT2D eigenvalue weighted by Gasteiger charge is 2.18. The van der Waals surface area contributed by atoms with E-state index in [0.717, 1.165) is 16.9 Å². The van der Waals surface area contributed by atoms with Gasteiger partial charge in [0.05, 0.1) is 12.4 Å². The Labute approximate surface area is 153 Å². The first-order valence-electron chi connectivity index (χ1n) is 8.61. The summed E-state index contributed by atoms with van der Waals surface area (Å²) in [5.41, 5.74) is 4.42. The molecule has 0 bridgehead atoms. The Morgan fingerprint density at radius 3 is 2.38 bits per heavy atom. The number of nitrogens with one attached hydrogen (secondary N) is 1. The Kier molecular flexibility index (Phi) is 5.27. The molecule has 0 unspecified atom stereocenters. The summed E-state index contributed by atoms with van der Waals surface area (Å²) in [6.45, 7) is 6.55. The van der Waals surface area contributed by atoms with E-state index in [1.54, 1.807) is 11.1 Å². The number of nitrogens with zero attached hydrogens (tertiary/aromatic N) is 3. The maximum Gasteiger partial charge on any atom is 0.278 e. The SMILES string of the molecule is CCN(C(=O)c1cnc(Nc2ccc(C)cc2)cn1)c1cccc(C)c1. The zero-order valence-corrected chi connectivity index (χ0v) is 15.2. The van der Waals surface area contributed by atoms with E-state index in [1.807, 2.05) is 69.3 Å². The number of anilines is 3. The summed E-state index contributed by atoms with van der Waals surface area (Å²) in [4.78, 5) is 23.1. The fourth-order valence-electron chi connectivity index (χ4n) is 2.67. The van der Waals surface area contributed by atoms with Crippen LogP contribution in [0.1, 0.15) is 28.5 Å². The Hall–Kier alpha value is -3.21.